The Hall–Kier alpha value is -0.385. The van der Waals surface area contributed by atoms with Crippen molar-refractivity contribution < 1.29 is 9.31 Å². The van der Waals surface area contributed by atoms with Crippen LogP contribution in [0.25, 0.3) is 0 Å². The van der Waals surface area contributed by atoms with Gasteiger partial charge in [-0.05, 0) is 46.2 Å². The summed E-state index contributed by atoms with van der Waals surface area (Å²) in [5.74, 6) is 0. The molecule has 0 saturated carbocycles. The Bertz CT molecular complexity index is 446. The van der Waals surface area contributed by atoms with E-state index in [1.54, 1.807) is 0 Å². The van der Waals surface area contributed by atoms with Crippen LogP contribution in [-0.2, 0) is 15.7 Å². The third-order valence-electron chi connectivity index (χ3n) is 3.72. The molecule has 18 heavy (non-hydrogen) atoms. The maximum atomic E-state index is 6.00. The van der Waals surface area contributed by atoms with E-state index in [4.69, 9.17) is 9.31 Å². The van der Waals surface area contributed by atoms with Crippen LogP contribution in [0.15, 0.2) is 16.6 Å². The Labute approximate surface area is 118 Å². The van der Waals surface area contributed by atoms with Crippen LogP contribution in [0.3, 0.4) is 0 Å². The first-order valence-corrected chi connectivity index (χ1v) is 7.06. The summed E-state index contributed by atoms with van der Waals surface area (Å²) in [6.07, 6.45) is 0.895. The minimum absolute atomic E-state index is 0.325. The summed E-state index contributed by atoms with van der Waals surface area (Å²) in [5.41, 5.74) is 1.22. The number of rotatable bonds is 2. The van der Waals surface area contributed by atoms with Crippen LogP contribution in [-0.4, -0.2) is 23.3 Å². The summed E-state index contributed by atoms with van der Waals surface area (Å²) in [6, 6.07) is 3.98. The first-order chi connectivity index (χ1) is 8.25. The average Bonchev–Trinajstić information content (AvgIpc) is 2.47. The van der Waals surface area contributed by atoms with Gasteiger partial charge < -0.3 is 9.31 Å². The highest BCUT2D eigenvalue weighted by atomic mass is 79.9. The van der Waals surface area contributed by atoms with Gasteiger partial charge in [-0.25, -0.2) is 0 Å². The van der Waals surface area contributed by atoms with Gasteiger partial charge in [-0.2, -0.15) is 0 Å². The normalized spacial score (nSPS) is 21.3. The zero-order chi connectivity index (χ0) is 13.6. The Morgan fingerprint density at radius 2 is 1.72 bits per heavy atom. The molecule has 0 unspecified atom stereocenters. The molecule has 1 saturated heterocycles. The summed E-state index contributed by atoms with van der Waals surface area (Å²) in [4.78, 5) is 4.59. The third-order valence-corrected chi connectivity index (χ3v) is 4.18. The molecule has 0 amide bonds. The monoisotopic (exact) mass is 311 g/mol. The Morgan fingerprint density at radius 1 is 1.17 bits per heavy atom. The summed E-state index contributed by atoms with van der Waals surface area (Å²) in [5, 5.41) is 0. The van der Waals surface area contributed by atoms with Crippen LogP contribution in [0.5, 0.6) is 0 Å². The lowest BCUT2D eigenvalue weighted by molar-refractivity contribution is 0.00578. The van der Waals surface area contributed by atoms with E-state index >= 15 is 0 Å². The van der Waals surface area contributed by atoms with E-state index in [2.05, 4.69) is 27.8 Å². The fourth-order valence-electron chi connectivity index (χ4n) is 1.84. The zero-order valence-corrected chi connectivity index (χ0v) is 13.2. The van der Waals surface area contributed by atoms with E-state index in [0.29, 0.717) is 0 Å². The minimum Gasteiger partial charge on any atom is -0.398 e. The van der Waals surface area contributed by atoms with Gasteiger partial charge in [-0.3, -0.25) is 4.98 Å². The van der Waals surface area contributed by atoms with Gasteiger partial charge in [0.05, 0.1) is 16.8 Å². The maximum Gasteiger partial charge on any atom is 0.514 e. The first kappa shape index (κ1) is 14.0. The lowest BCUT2D eigenvalue weighted by atomic mass is 9.84. The second kappa shape index (κ2) is 4.62. The second-order valence-electron chi connectivity index (χ2n) is 5.64. The molecular formula is C13H19BBrNO2. The number of aryl methyl sites for hydroxylation is 1. The van der Waals surface area contributed by atoms with Crippen LogP contribution < -0.4 is 5.59 Å². The molecule has 2 rings (SSSR count). The zero-order valence-electron chi connectivity index (χ0n) is 11.6. The number of hydrogen-bond acceptors (Lipinski definition) is 3. The fourth-order valence-corrected chi connectivity index (χ4v) is 2.34. The van der Waals surface area contributed by atoms with Crippen LogP contribution in [0, 0.1) is 0 Å². The number of aromatic nitrogens is 1. The van der Waals surface area contributed by atoms with Gasteiger partial charge in [0.15, 0.2) is 0 Å². The topological polar surface area (TPSA) is 31.4 Å². The standard InChI is InChI=1S/C13H19BBrNO2/c1-6-10-7-9(15)8-11(16-10)14-17-12(2,3)13(4,5)18-14/h7-8H,6H2,1-5H3. The molecule has 0 radical (unpaired) electrons. The summed E-state index contributed by atoms with van der Waals surface area (Å²) < 4.78 is 13.0. The Balaban J connectivity index is 2.32. The molecule has 0 atom stereocenters. The summed E-state index contributed by atoms with van der Waals surface area (Å²) in [6.45, 7) is 10.3. The summed E-state index contributed by atoms with van der Waals surface area (Å²) >= 11 is 3.51. The molecule has 0 N–H and O–H groups in total. The second-order valence-corrected chi connectivity index (χ2v) is 6.56. The van der Waals surface area contributed by atoms with Crippen molar-refractivity contribution in [3.05, 3.63) is 22.3 Å². The molecule has 98 valence electrons. The molecule has 2 heterocycles. The van der Waals surface area contributed by atoms with E-state index in [1.165, 1.54) is 0 Å². The average molecular weight is 312 g/mol. The van der Waals surface area contributed by atoms with Crippen molar-refractivity contribution in [3.63, 3.8) is 0 Å². The molecule has 1 aliphatic rings. The quantitative estimate of drug-likeness (QED) is 0.787. The largest absolute Gasteiger partial charge is 0.514 e. The highest BCUT2D eigenvalue weighted by Crippen LogP contribution is 2.36. The predicted octanol–water partition coefficient (Wildman–Crippen LogP) is 2.71. The first-order valence-electron chi connectivity index (χ1n) is 6.27. The Kier molecular flexibility index (Phi) is 3.60. The van der Waals surface area contributed by atoms with Crippen LogP contribution >= 0.6 is 15.9 Å². The van der Waals surface area contributed by atoms with E-state index < -0.39 is 7.12 Å². The third kappa shape index (κ3) is 2.49. The van der Waals surface area contributed by atoms with Gasteiger partial charge in [-0.1, -0.05) is 22.9 Å². The van der Waals surface area contributed by atoms with E-state index in [1.807, 2.05) is 39.8 Å². The number of halogens is 1. The molecule has 0 aliphatic carbocycles. The van der Waals surface area contributed by atoms with Crippen molar-refractivity contribution in [1.82, 2.24) is 4.98 Å². The predicted molar refractivity (Wildman–Crippen MR) is 77.0 cm³/mol. The van der Waals surface area contributed by atoms with Gasteiger partial charge in [0.1, 0.15) is 0 Å². The van der Waals surface area contributed by atoms with Gasteiger partial charge in [0, 0.05) is 10.2 Å². The number of hydrogen-bond donors (Lipinski definition) is 0. The molecule has 3 nitrogen and oxygen atoms in total. The molecular weight excluding hydrogens is 293 g/mol. The van der Waals surface area contributed by atoms with Crippen molar-refractivity contribution in [2.45, 2.75) is 52.2 Å². The molecule has 1 fully saturated rings. The van der Waals surface area contributed by atoms with Crippen molar-refractivity contribution in [3.8, 4) is 0 Å². The van der Waals surface area contributed by atoms with Gasteiger partial charge in [0.25, 0.3) is 0 Å². The number of pyridine rings is 1. The minimum atomic E-state index is -0.391. The molecule has 0 spiro atoms. The van der Waals surface area contributed by atoms with E-state index in [0.717, 1.165) is 22.2 Å². The lowest BCUT2D eigenvalue weighted by Crippen LogP contribution is -2.41. The number of nitrogens with zero attached hydrogens (tertiary/aromatic N) is 1. The smallest absolute Gasteiger partial charge is 0.398 e. The molecule has 1 aromatic rings. The van der Waals surface area contributed by atoms with Crippen LogP contribution in [0.1, 0.15) is 40.3 Å². The van der Waals surface area contributed by atoms with Crippen molar-refractivity contribution in [2.75, 3.05) is 0 Å². The maximum absolute atomic E-state index is 6.00. The molecule has 5 heteroatoms. The molecule has 0 bridgehead atoms. The van der Waals surface area contributed by atoms with Crippen LogP contribution in [0.4, 0.5) is 0 Å². The van der Waals surface area contributed by atoms with Gasteiger partial charge in [-0.15, -0.1) is 0 Å². The van der Waals surface area contributed by atoms with Crippen molar-refractivity contribution in [2.24, 2.45) is 0 Å². The fraction of sp³-hybridized carbons (Fsp3) is 0.615. The molecule has 1 aliphatic heterocycles. The van der Waals surface area contributed by atoms with Crippen molar-refractivity contribution >= 4 is 28.6 Å². The van der Waals surface area contributed by atoms with Crippen molar-refractivity contribution in [1.29, 1.82) is 0 Å². The molecule has 0 aromatic carbocycles. The highest BCUT2D eigenvalue weighted by Gasteiger charge is 2.52. The van der Waals surface area contributed by atoms with E-state index in [-0.39, 0.29) is 11.2 Å². The van der Waals surface area contributed by atoms with Gasteiger partial charge in [0.2, 0.25) is 0 Å². The van der Waals surface area contributed by atoms with Crippen LogP contribution in [0.2, 0.25) is 0 Å². The Morgan fingerprint density at radius 3 is 2.22 bits per heavy atom. The summed E-state index contributed by atoms with van der Waals surface area (Å²) in [7, 11) is -0.391. The van der Waals surface area contributed by atoms with E-state index in [9.17, 15) is 0 Å². The lowest BCUT2D eigenvalue weighted by Gasteiger charge is -2.32. The van der Waals surface area contributed by atoms with Gasteiger partial charge >= 0.3 is 7.12 Å². The highest BCUT2D eigenvalue weighted by molar-refractivity contribution is 9.10. The molecule has 1 aromatic heterocycles. The SMILES string of the molecule is CCc1cc(Br)cc(B2OC(C)(C)C(C)(C)O2)n1.